The fraction of sp³-hybridized carbons (Fsp3) is 0.267. The van der Waals surface area contributed by atoms with Crippen LogP contribution in [0.1, 0.15) is 18.1 Å². The van der Waals surface area contributed by atoms with Crippen molar-refractivity contribution in [2.45, 2.75) is 26.0 Å². The van der Waals surface area contributed by atoms with Crippen molar-refractivity contribution in [1.29, 1.82) is 0 Å². The van der Waals surface area contributed by atoms with Crippen molar-refractivity contribution in [2.75, 3.05) is 0 Å². The third-order valence-corrected chi connectivity index (χ3v) is 3.26. The Hall–Kier alpha value is -2.21. The monoisotopic (exact) mass is 304 g/mol. The Morgan fingerprint density at radius 1 is 1.33 bits per heavy atom. The van der Waals surface area contributed by atoms with Gasteiger partial charge in [0.1, 0.15) is 12.6 Å². The third-order valence-electron chi connectivity index (χ3n) is 3.04. The molecule has 1 heterocycles. The lowest BCUT2D eigenvalue weighted by Gasteiger charge is -2.09. The maximum absolute atomic E-state index is 11.6. The highest BCUT2D eigenvalue weighted by molar-refractivity contribution is 7.80. The van der Waals surface area contributed by atoms with Crippen LogP contribution in [0.3, 0.4) is 0 Å². The number of hydrogen-bond acceptors (Lipinski definition) is 4. The van der Waals surface area contributed by atoms with Crippen molar-refractivity contribution in [1.82, 2.24) is 10.6 Å². The summed E-state index contributed by atoms with van der Waals surface area (Å²) in [5.74, 6) is -0.515. The summed E-state index contributed by atoms with van der Waals surface area (Å²) in [4.78, 5) is 22.9. The van der Waals surface area contributed by atoms with E-state index >= 15 is 0 Å². The van der Waals surface area contributed by atoms with Gasteiger partial charge >= 0.3 is 5.97 Å². The zero-order valence-corrected chi connectivity index (χ0v) is 12.5. The molecular formula is C15H16N2O3S. The maximum atomic E-state index is 11.6. The lowest BCUT2D eigenvalue weighted by atomic mass is 10.0. The van der Waals surface area contributed by atoms with E-state index in [1.165, 1.54) is 0 Å². The zero-order valence-electron chi connectivity index (χ0n) is 11.6. The van der Waals surface area contributed by atoms with Gasteiger partial charge in [0, 0.05) is 12.0 Å². The molecule has 1 saturated heterocycles. The molecule has 2 rings (SSSR count). The second-order valence-corrected chi connectivity index (χ2v) is 5.30. The highest BCUT2D eigenvalue weighted by Crippen LogP contribution is 2.10. The van der Waals surface area contributed by atoms with E-state index in [2.05, 4.69) is 17.2 Å². The standard InChI is InChI=1S/C15H16N2O3S/c1-9(2)14(19)20-8-11-5-3-10(4-6-11)7-12-13(18)17-15(21)16-12/h3-6,12H,1,7-8H2,2H3,(H2,16,17,18,21). The van der Waals surface area contributed by atoms with E-state index in [9.17, 15) is 9.59 Å². The Kier molecular flexibility index (Phi) is 4.70. The van der Waals surface area contributed by atoms with E-state index in [1.807, 2.05) is 24.3 Å². The third kappa shape index (κ3) is 4.13. The van der Waals surface area contributed by atoms with Crippen molar-refractivity contribution in [2.24, 2.45) is 0 Å². The molecule has 1 aliphatic heterocycles. The quantitative estimate of drug-likeness (QED) is 0.486. The first-order valence-corrected chi connectivity index (χ1v) is 6.88. The van der Waals surface area contributed by atoms with Gasteiger partial charge in [0.2, 0.25) is 5.91 Å². The summed E-state index contributed by atoms with van der Waals surface area (Å²) >= 11 is 4.89. The smallest absolute Gasteiger partial charge is 0.333 e. The first kappa shape index (κ1) is 15.2. The summed E-state index contributed by atoms with van der Waals surface area (Å²) in [6, 6.07) is 7.21. The van der Waals surface area contributed by atoms with Crippen LogP contribution >= 0.6 is 12.2 Å². The molecule has 1 unspecified atom stereocenters. The average Bonchev–Trinajstić information content (AvgIpc) is 2.75. The number of benzene rings is 1. The number of carbonyl (C=O) groups is 2. The summed E-state index contributed by atoms with van der Waals surface area (Å²) in [7, 11) is 0. The summed E-state index contributed by atoms with van der Waals surface area (Å²) < 4.78 is 5.06. The molecule has 0 spiro atoms. The molecule has 110 valence electrons. The van der Waals surface area contributed by atoms with Crippen LogP contribution in [0.4, 0.5) is 0 Å². The number of hydrogen-bond donors (Lipinski definition) is 2. The Morgan fingerprint density at radius 2 is 1.95 bits per heavy atom. The number of esters is 1. The van der Waals surface area contributed by atoms with Crippen molar-refractivity contribution in [3.63, 3.8) is 0 Å². The maximum Gasteiger partial charge on any atom is 0.333 e. The van der Waals surface area contributed by atoms with Gasteiger partial charge in [-0.05, 0) is 30.3 Å². The molecule has 1 aromatic rings. The largest absolute Gasteiger partial charge is 0.457 e. The van der Waals surface area contributed by atoms with Crippen LogP contribution < -0.4 is 10.6 Å². The second-order valence-electron chi connectivity index (χ2n) is 4.89. The summed E-state index contributed by atoms with van der Waals surface area (Å²) in [5, 5.41) is 5.84. The van der Waals surface area contributed by atoms with Crippen LogP contribution in [0.2, 0.25) is 0 Å². The number of amides is 1. The fourth-order valence-electron chi connectivity index (χ4n) is 1.88. The van der Waals surface area contributed by atoms with Gasteiger partial charge in [-0.2, -0.15) is 0 Å². The molecule has 0 bridgehead atoms. The number of ether oxygens (including phenoxy) is 1. The predicted molar refractivity (Wildman–Crippen MR) is 82.4 cm³/mol. The molecule has 6 heteroatoms. The van der Waals surface area contributed by atoms with Crippen LogP contribution in [0, 0.1) is 0 Å². The molecule has 0 saturated carbocycles. The minimum Gasteiger partial charge on any atom is -0.457 e. The van der Waals surface area contributed by atoms with Crippen molar-refractivity contribution < 1.29 is 14.3 Å². The van der Waals surface area contributed by atoms with Crippen LogP contribution in [-0.2, 0) is 27.4 Å². The molecule has 1 aliphatic rings. The summed E-state index contributed by atoms with van der Waals surface area (Å²) in [6.07, 6.45) is 0.553. The topological polar surface area (TPSA) is 67.4 Å². The molecular weight excluding hydrogens is 288 g/mol. The number of carbonyl (C=O) groups excluding carboxylic acids is 2. The van der Waals surface area contributed by atoms with E-state index < -0.39 is 5.97 Å². The second kappa shape index (κ2) is 6.49. The van der Waals surface area contributed by atoms with Gasteiger partial charge in [-0.1, -0.05) is 30.8 Å². The van der Waals surface area contributed by atoms with Gasteiger partial charge in [-0.3, -0.25) is 4.79 Å². The van der Waals surface area contributed by atoms with Crippen molar-refractivity contribution in [3.05, 3.63) is 47.5 Å². The van der Waals surface area contributed by atoms with E-state index in [0.717, 1.165) is 11.1 Å². The van der Waals surface area contributed by atoms with Crippen LogP contribution in [-0.4, -0.2) is 23.0 Å². The molecule has 5 nitrogen and oxygen atoms in total. The SMILES string of the molecule is C=C(C)C(=O)OCc1ccc(CC2NC(=S)NC2=O)cc1. The molecule has 0 radical (unpaired) electrons. The van der Waals surface area contributed by atoms with Crippen LogP contribution in [0.15, 0.2) is 36.4 Å². The first-order valence-electron chi connectivity index (χ1n) is 6.47. The molecule has 1 fully saturated rings. The normalized spacial score (nSPS) is 17.1. The molecule has 0 aromatic heterocycles. The highest BCUT2D eigenvalue weighted by atomic mass is 32.1. The Morgan fingerprint density at radius 3 is 2.48 bits per heavy atom. The molecule has 21 heavy (non-hydrogen) atoms. The average molecular weight is 304 g/mol. The Labute approximate surface area is 128 Å². The molecule has 1 amide bonds. The minimum absolute atomic E-state index is 0.112. The van der Waals surface area contributed by atoms with Crippen LogP contribution in [0.5, 0.6) is 0 Å². The molecule has 0 aliphatic carbocycles. The van der Waals surface area contributed by atoms with Gasteiger partial charge in [-0.25, -0.2) is 4.79 Å². The predicted octanol–water partition coefficient (Wildman–Crippen LogP) is 1.22. The van der Waals surface area contributed by atoms with Gasteiger partial charge < -0.3 is 15.4 Å². The number of thiocarbonyl (C=S) groups is 1. The van der Waals surface area contributed by atoms with Gasteiger partial charge in [0.25, 0.3) is 0 Å². The lowest BCUT2D eigenvalue weighted by molar-refractivity contribution is -0.140. The van der Waals surface area contributed by atoms with Gasteiger partial charge in [0.05, 0.1) is 0 Å². The van der Waals surface area contributed by atoms with E-state index in [4.69, 9.17) is 17.0 Å². The molecule has 2 N–H and O–H groups in total. The first-order chi connectivity index (χ1) is 9.95. The van der Waals surface area contributed by atoms with Gasteiger partial charge in [-0.15, -0.1) is 0 Å². The zero-order chi connectivity index (χ0) is 15.4. The van der Waals surface area contributed by atoms with Crippen molar-refractivity contribution in [3.8, 4) is 0 Å². The molecule has 1 aromatic carbocycles. The Balaban J connectivity index is 1.90. The number of rotatable bonds is 5. The highest BCUT2D eigenvalue weighted by Gasteiger charge is 2.26. The summed E-state index contributed by atoms with van der Waals surface area (Å²) in [5.41, 5.74) is 2.26. The minimum atomic E-state index is -0.403. The van der Waals surface area contributed by atoms with Gasteiger partial charge in [0.15, 0.2) is 5.11 Å². The summed E-state index contributed by atoms with van der Waals surface area (Å²) in [6.45, 7) is 5.34. The molecule has 1 atom stereocenters. The van der Waals surface area contributed by atoms with E-state index in [0.29, 0.717) is 17.1 Å². The van der Waals surface area contributed by atoms with Crippen molar-refractivity contribution >= 4 is 29.2 Å². The van der Waals surface area contributed by atoms with E-state index in [1.54, 1.807) is 6.92 Å². The van der Waals surface area contributed by atoms with E-state index in [-0.39, 0.29) is 18.6 Å². The fourth-order valence-corrected chi connectivity index (χ4v) is 2.12. The lowest BCUT2D eigenvalue weighted by Crippen LogP contribution is -2.30. The Bertz CT molecular complexity index is 595. The van der Waals surface area contributed by atoms with Crippen LogP contribution in [0.25, 0.3) is 0 Å². The number of nitrogens with one attached hydrogen (secondary N) is 2.